The van der Waals surface area contributed by atoms with Gasteiger partial charge in [-0.25, -0.2) is 0 Å². The molecule has 0 unspecified atom stereocenters. The molecular formula is C18H28O4. The van der Waals surface area contributed by atoms with Gasteiger partial charge in [-0.05, 0) is 23.0 Å². The third kappa shape index (κ3) is 11.0. The Morgan fingerprint density at radius 2 is 0.727 bits per heavy atom. The van der Waals surface area contributed by atoms with Gasteiger partial charge in [0.25, 0.3) is 0 Å². The van der Waals surface area contributed by atoms with Crippen LogP contribution in [0.4, 0.5) is 0 Å². The summed E-state index contributed by atoms with van der Waals surface area (Å²) in [5, 5.41) is 24.0. The van der Waals surface area contributed by atoms with Gasteiger partial charge >= 0.3 is 0 Å². The van der Waals surface area contributed by atoms with E-state index in [1.807, 2.05) is 12.1 Å². The first-order valence-electron chi connectivity index (χ1n) is 7.11. The Morgan fingerprint density at radius 3 is 0.864 bits per heavy atom. The fourth-order valence-electron chi connectivity index (χ4n) is 1.68. The first kappa shape index (κ1) is 22.6. The van der Waals surface area contributed by atoms with Gasteiger partial charge in [0, 0.05) is 0 Å². The van der Waals surface area contributed by atoms with Crippen LogP contribution < -0.4 is 0 Å². The summed E-state index contributed by atoms with van der Waals surface area (Å²) < 4.78 is 0. The van der Waals surface area contributed by atoms with Crippen LogP contribution in [-0.2, 0) is 0 Å². The van der Waals surface area contributed by atoms with Crippen molar-refractivity contribution >= 4 is 0 Å². The highest BCUT2D eigenvalue weighted by Gasteiger charge is 1.94. The number of hydrogen-bond acceptors (Lipinski definition) is 4. The van der Waals surface area contributed by atoms with E-state index < -0.39 is 0 Å². The lowest BCUT2D eigenvalue weighted by molar-refractivity contribution is -0.176. The van der Waals surface area contributed by atoms with Gasteiger partial charge in [0.1, 0.15) is 0 Å². The molecule has 2 rings (SSSR count). The quantitative estimate of drug-likeness (QED) is 0.426. The van der Waals surface area contributed by atoms with E-state index in [2.05, 4.69) is 76.2 Å². The molecule has 4 N–H and O–H groups in total. The zero-order chi connectivity index (χ0) is 17.4. The lowest BCUT2D eigenvalue weighted by Crippen LogP contribution is -1.83. The second-order valence-electron chi connectivity index (χ2n) is 5.13. The first-order valence-corrected chi connectivity index (χ1v) is 7.11. The largest absolute Gasteiger partial charge is 0.255 e. The van der Waals surface area contributed by atoms with Crippen molar-refractivity contribution < 1.29 is 21.0 Å². The lowest BCUT2D eigenvalue weighted by Gasteiger charge is -2.01. The summed E-state index contributed by atoms with van der Waals surface area (Å²) in [5.74, 6) is 1.32. The fraction of sp³-hybridized carbons (Fsp3) is 0.333. The number of benzene rings is 2. The summed E-state index contributed by atoms with van der Waals surface area (Å²) in [6.07, 6.45) is 0. The minimum Gasteiger partial charge on any atom is -0.255 e. The van der Waals surface area contributed by atoms with Crippen molar-refractivity contribution in [1.29, 1.82) is 0 Å². The van der Waals surface area contributed by atoms with Gasteiger partial charge in [0.05, 0.1) is 0 Å². The second-order valence-corrected chi connectivity index (χ2v) is 5.13. The van der Waals surface area contributed by atoms with E-state index in [-0.39, 0.29) is 0 Å². The summed E-state index contributed by atoms with van der Waals surface area (Å²) in [4.78, 5) is 0. The van der Waals surface area contributed by atoms with Crippen molar-refractivity contribution in [3.05, 3.63) is 71.8 Å². The van der Waals surface area contributed by atoms with Gasteiger partial charge in [0.15, 0.2) is 0 Å². The molecule has 2 aromatic carbocycles. The molecule has 0 aromatic heterocycles. The molecule has 0 amide bonds. The monoisotopic (exact) mass is 308 g/mol. The maximum absolute atomic E-state index is 6.00. The Morgan fingerprint density at radius 1 is 0.500 bits per heavy atom. The lowest BCUT2D eigenvalue weighted by atomic mass is 10.0. The number of rotatable bonds is 2. The summed E-state index contributed by atoms with van der Waals surface area (Å²) in [5.41, 5.74) is 2.83. The summed E-state index contributed by atoms with van der Waals surface area (Å²) in [6.45, 7) is 8.81. The SMILES string of the molecule is CC(C)c1ccccc1.CC(C)c1ccccc1.OO.OO. The topological polar surface area (TPSA) is 80.9 Å². The highest BCUT2D eigenvalue weighted by molar-refractivity contribution is 5.18. The smallest absolute Gasteiger partial charge is 0.0219 e. The molecule has 0 radical (unpaired) electrons. The van der Waals surface area contributed by atoms with Gasteiger partial charge in [-0.15, -0.1) is 0 Å². The van der Waals surface area contributed by atoms with Gasteiger partial charge in [-0.1, -0.05) is 88.4 Å². The van der Waals surface area contributed by atoms with E-state index in [0.29, 0.717) is 11.8 Å². The van der Waals surface area contributed by atoms with Crippen LogP contribution in [0.1, 0.15) is 50.7 Å². The molecule has 0 bridgehead atoms. The van der Waals surface area contributed by atoms with Crippen LogP contribution in [0.2, 0.25) is 0 Å². The standard InChI is InChI=1S/2C9H12.2H2O2/c2*1-8(2)9-6-4-3-5-7-9;2*1-2/h2*3-8H,1-2H3;2*1-2H. The second kappa shape index (κ2) is 15.7. The normalized spacial score (nSPS) is 8.82. The van der Waals surface area contributed by atoms with E-state index in [0.717, 1.165) is 0 Å². The molecule has 0 fully saturated rings. The fourth-order valence-corrected chi connectivity index (χ4v) is 1.68. The molecule has 2 aromatic rings. The van der Waals surface area contributed by atoms with E-state index in [1.165, 1.54) is 11.1 Å². The molecule has 0 saturated heterocycles. The highest BCUT2D eigenvalue weighted by atomic mass is 17.0. The van der Waals surface area contributed by atoms with E-state index in [9.17, 15) is 0 Å². The van der Waals surface area contributed by atoms with Crippen molar-refractivity contribution in [1.82, 2.24) is 0 Å². The van der Waals surface area contributed by atoms with Gasteiger partial charge < -0.3 is 0 Å². The number of hydrogen-bond donors (Lipinski definition) is 4. The minimum atomic E-state index is 0.659. The molecule has 0 aliphatic rings. The van der Waals surface area contributed by atoms with Crippen LogP contribution in [0, 0.1) is 0 Å². The average molecular weight is 308 g/mol. The zero-order valence-corrected chi connectivity index (χ0v) is 13.7. The van der Waals surface area contributed by atoms with Crippen LogP contribution in [0.5, 0.6) is 0 Å². The summed E-state index contributed by atoms with van der Waals surface area (Å²) >= 11 is 0. The Hall–Kier alpha value is -1.72. The minimum absolute atomic E-state index is 0.659. The van der Waals surface area contributed by atoms with E-state index in [4.69, 9.17) is 21.0 Å². The third-order valence-electron chi connectivity index (χ3n) is 2.93. The van der Waals surface area contributed by atoms with Crippen LogP contribution in [0.15, 0.2) is 60.7 Å². The van der Waals surface area contributed by atoms with Gasteiger partial charge in [0.2, 0.25) is 0 Å². The van der Waals surface area contributed by atoms with E-state index in [1.54, 1.807) is 0 Å². The zero-order valence-electron chi connectivity index (χ0n) is 13.7. The van der Waals surface area contributed by atoms with Crippen molar-refractivity contribution in [2.24, 2.45) is 0 Å². The van der Waals surface area contributed by atoms with Crippen molar-refractivity contribution in [3.8, 4) is 0 Å². The maximum Gasteiger partial charge on any atom is -0.0219 e. The maximum atomic E-state index is 6.00. The van der Waals surface area contributed by atoms with Gasteiger partial charge in [-0.2, -0.15) is 0 Å². The van der Waals surface area contributed by atoms with Crippen LogP contribution in [-0.4, -0.2) is 21.0 Å². The molecule has 0 heterocycles. The van der Waals surface area contributed by atoms with Crippen LogP contribution in [0.3, 0.4) is 0 Å². The van der Waals surface area contributed by atoms with Crippen LogP contribution in [0.25, 0.3) is 0 Å². The Balaban J connectivity index is 0. The molecule has 0 saturated carbocycles. The molecular weight excluding hydrogens is 280 g/mol. The molecule has 4 heteroatoms. The molecule has 0 atom stereocenters. The Bertz CT molecular complexity index is 384. The van der Waals surface area contributed by atoms with Crippen molar-refractivity contribution in [3.63, 3.8) is 0 Å². The molecule has 124 valence electrons. The molecule has 0 aliphatic carbocycles. The molecule has 4 nitrogen and oxygen atoms in total. The Kier molecular flexibility index (Phi) is 16.1. The Labute approximate surface area is 133 Å². The highest BCUT2D eigenvalue weighted by Crippen LogP contribution is 2.12. The van der Waals surface area contributed by atoms with Crippen molar-refractivity contribution in [2.75, 3.05) is 0 Å². The van der Waals surface area contributed by atoms with Gasteiger partial charge in [-0.3, -0.25) is 21.0 Å². The molecule has 0 spiro atoms. The molecule has 0 aliphatic heterocycles. The summed E-state index contributed by atoms with van der Waals surface area (Å²) in [7, 11) is 0. The predicted molar refractivity (Wildman–Crippen MR) is 91.6 cm³/mol. The predicted octanol–water partition coefficient (Wildman–Crippen LogP) is 5.65. The van der Waals surface area contributed by atoms with Crippen LogP contribution >= 0.6 is 0 Å². The van der Waals surface area contributed by atoms with E-state index >= 15 is 0 Å². The first-order chi connectivity index (χ1) is 10.6. The third-order valence-corrected chi connectivity index (χ3v) is 2.93. The average Bonchev–Trinajstić information content (AvgIpc) is 2.60. The summed E-state index contributed by atoms with van der Waals surface area (Å²) in [6, 6.07) is 21.0. The van der Waals surface area contributed by atoms with Crippen molar-refractivity contribution in [2.45, 2.75) is 39.5 Å². The molecule has 22 heavy (non-hydrogen) atoms.